The molecule has 2 heterocycles. The maximum absolute atomic E-state index is 2.29. The number of thioether (sulfide) groups is 1. The molecule has 2 fully saturated rings. The molecule has 0 saturated carbocycles. The summed E-state index contributed by atoms with van der Waals surface area (Å²) in [5.74, 6) is 0. The van der Waals surface area contributed by atoms with Crippen molar-refractivity contribution < 1.29 is 0 Å². The molecule has 2 aliphatic rings. The van der Waals surface area contributed by atoms with E-state index in [-0.39, 0.29) is 0 Å². The van der Waals surface area contributed by atoms with Crippen molar-refractivity contribution in [2.24, 2.45) is 0 Å². The molecule has 0 nitrogen and oxygen atoms in total. The lowest BCUT2D eigenvalue weighted by atomic mass is 10.5. The van der Waals surface area contributed by atoms with Crippen molar-refractivity contribution in [1.29, 1.82) is 0 Å². The summed E-state index contributed by atoms with van der Waals surface area (Å²) >= 11 is 2.18. The summed E-state index contributed by atoms with van der Waals surface area (Å²) < 4.78 is 1.10. The lowest BCUT2D eigenvalue weighted by molar-refractivity contribution is 0.991. The van der Waals surface area contributed by atoms with E-state index < -0.39 is 0 Å². The van der Waals surface area contributed by atoms with Gasteiger partial charge in [0.1, 0.15) is 6.82 Å². The molecule has 11 heavy (non-hydrogen) atoms. The summed E-state index contributed by atoms with van der Waals surface area (Å²) in [4.78, 5) is 0. The topological polar surface area (TPSA) is 0 Å². The van der Waals surface area contributed by atoms with Crippen LogP contribution in [0.3, 0.4) is 0 Å². The number of hydrogen-bond acceptors (Lipinski definition) is 5. The number of hydrogen-bond donors (Lipinski definition) is 0. The van der Waals surface area contributed by atoms with Gasteiger partial charge in [-0.3, -0.25) is 0 Å². The Morgan fingerprint density at radius 3 is 1.45 bits per heavy atom. The first-order chi connectivity index (χ1) is 5.24. The third kappa shape index (κ3) is 1.98. The molecule has 0 aromatic heterocycles. The monoisotopic (exact) mass is 242 g/mol. The first kappa shape index (κ1) is 9.31. The van der Waals surface area contributed by atoms with Crippen molar-refractivity contribution in [1.82, 2.24) is 0 Å². The van der Waals surface area contributed by atoms with Crippen LogP contribution >= 0.6 is 54.9 Å². The lowest BCUT2D eigenvalue weighted by Crippen LogP contribution is -2.06. The zero-order valence-electron chi connectivity index (χ0n) is 6.46. The van der Waals surface area contributed by atoms with E-state index in [9.17, 15) is 0 Å². The smallest absolute Gasteiger partial charge is 0.101 e. The van der Waals surface area contributed by atoms with Crippen molar-refractivity contribution in [3.8, 4) is 0 Å². The summed E-state index contributed by atoms with van der Waals surface area (Å²) in [6.45, 7) is 4.59. The molecule has 2 rings (SSSR count). The van der Waals surface area contributed by atoms with Gasteiger partial charge in [0.15, 0.2) is 0 Å². The highest BCUT2D eigenvalue weighted by Crippen LogP contribution is 2.84. The molecule has 0 atom stereocenters. The predicted octanol–water partition coefficient (Wildman–Crippen LogP) is 4.64. The van der Waals surface area contributed by atoms with E-state index in [2.05, 4.69) is 68.8 Å². The zero-order chi connectivity index (χ0) is 7.95. The Bertz CT molecular complexity index is 142. The average Bonchev–Trinajstić information content (AvgIpc) is 2.90. The first-order valence-corrected chi connectivity index (χ1v) is 8.80. The van der Waals surface area contributed by atoms with Gasteiger partial charge in [-0.1, -0.05) is 57.0 Å². The van der Waals surface area contributed by atoms with Gasteiger partial charge in [0.05, 0.1) is 0 Å². The molecule has 2 aliphatic heterocycles. The third-order valence-electron chi connectivity index (χ3n) is 1.72. The Hall–Kier alpha value is 1.75. The van der Waals surface area contributed by atoms with Crippen LogP contribution in [0, 0.1) is 0 Å². The molecular weight excluding hydrogens is 232 g/mol. The quantitative estimate of drug-likeness (QED) is 0.519. The highest BCUT2D eigenvalue weighted by Gasteiger charge is 2.57. The standard InChI is InChI=1S/C6H10S5/c1-3-5(8-9-5)7-6(4-2)10-11-6/h3-4H2,1-2H3. The Balaban J connectivity index is 1.89. The Kier molecular flexibility index (Phi) is 2.67. The average molecular weight is 242 g/mol. The molecule has 64 valence electrons. The normalized spacial score (nSPS) is 30.0. The van der Waals surface area contributed by atoms with E-state index in [4.69, 9.17) is 0 Å². The van der Waals surface area contributed by atoms with E-state index >= 15 is 0 Å². The van der Waals surface area contributed by atoms with Gasteiger partial charge in [-0.25, -0.2) is 0 Å². The van der Waals surface area contributed by atoms with Crippen molar-refractivity contribution in [3.63, 3.8) is 0 Å². The van der Waals surface area contributed by atoms with Crippen LogP contribution in [-0.4, -0.2) is 6.82 Å². The second-order valence-corrected chi connectivity index (χ2v) is 11.1. The molecule has 0 amide bonds. The fraction of sp³-hybridized carbons (Fsp3) is 1.00. The van der Waals surface area contributed by atoms with Crippen LogP contribution in [-0.2, 0) is 0 Å². The Morgan fingerprint density at radius 2 is 1.27 bits per heavy atom. The molecule has 0 N–H and O–H groups in total. The van der Waals surface area contributed by atoms with E-state index in [0.29, 0.717) is 6.82 Å². The predicted molar refractivity (Wildman–Crippen MR) is 64.0 cm³/mol. The lowest BCUT2D eigenvalue weighted by Gasteiger charge is -2.13. The molecule has 0 aromatic carbocycles. The van der Waals surface area contributed by atoms with Gasteiger partial charge in [0, 0.05) is 0 Å². The van der Waals surface area contributed by atoms with E-state index in [0.717, 1.165) is 0 Å². The van der Waals surface area contributed by atoms with Gasteiger partial charge in [-0.2, -0.15) is 0 Å². The van der Waals surface area contributed by atoms with Crippen LogP contribution in [0.1, 0.15) is 26.7 Å². The molecule has 0 aliphatic carbocycles. The van der Waals surface area contributed by atoms with Crippen molar-refractivity contribution >= 4 is 54.9 Å². The molecule has 0 radical (unpaired) electrons. The van der Waals surface area contributed by atoms with Crippen molar-refractivity contribution in [2.45, 2.75) is 33.5 Å². The zero-order valence-corrected chi connectivity index (χ0v) is 10.5. The molecule has 5 heteroatoms. The largest absolute Gasteiger partial charge is 0.129 e. The van der Waals surface area contributed by atoms with Crippen molar-refractivity contribution in [3.05, 3.63) is 0 Å². The molecular formula is C6H10S5. The minimum Gasteiger partial charge on any atom is -0.101 e. The fourth-order valence-electron chi connectivity index (χ4n) is 0.778. The highest BCUT2D eigenvalue weighted by molar-refractivity contribution is 9.02. The molecule has 0 spiro atoms. The first-order valence-electron chi connectivity index (χ1n) is 3.68. The van der Waals surface area contributed by atoms with Gasteiger partial charge < -0.3 is 0 Å². The molecule has 0 bridgehead atoms. The maximum Gasteiger partial charge on any atom is 0.129 e. The van der Waals surface area contributed by atoms with Crippen LogP contribution in [0.25, 0.3) is 0 Å². The molecule has 2 saturated heterocycles. The van der Waals surface area contributed by atoms with Gasteiger partial charge in [0.2, 0.25) is 0 Å². The van der Waals surface area contributed by atoms with E-state index in [1.54, 1.807) is 0 Å². The van der Waals surface area contributed by atoms with Crippen LogP contribution in [0.15, 0.2) is 0 Å². The fourth-order valence-corrected chi connectivity index (χ4v) is 8.89. The van der Waals surface area contributed by atoms with Crippen molar-refractivity contribution in [2.75, 3.05) is 0 Å². The van der Waals surface area contributed by atoms with Gasteiger partial charge in [0.25, 0.3) is 0 Å². The second kappa shape index (κ2) is 3.15. The second-order valence-electron chi connectivity index (χ2n) is 2.51. The Morgan fingerprint density at radius 1 is 0.909 bits per heavy atom. The molecule has 0 unspecified atom stereocenters. The summed E-state index contributed by atoms with van der Waals surface area (Å²) in [5, 5.41) is 0. The molecule has 0 aromatic rings. The van der Waals surface area contributed by atoms with Gasteiger partial charge in [-0.15, -0.1) is 11.8 Å². The van der Waals surface area contributed by atoms with Crippen LogP contribution in [0.5, 0.6) is 0 Å². The summed E-state index contributed by atoms with van der Waals surface area (Å²) in [7, 11) is 8.20. The highest BCUT2D eigenvalue weighted by atomic mass is 33.2. The van der Waals surface area contributed by atoms with E-state index in [1.165, 1.54) is 12.8 Å². The number of rotatable bonds is 4. The summed E-state index contributed by atoms with van der Waals surface area (Å²) in [6, 6.07) is 0. The summed E-state index contributed by atoms with van der Waals surface area (Å²) in [5.41, 5.74) is 0. The van der Waals surface area contributed by atoms with Crippen LogP contribution in [0.2, 0.25) is 0 Å². The minimum atomic E-state index is 0.548. The minimum absolute atomic E-state index is 0.548. The Labute approximate surface area is 88.0 Å². The maximum atomic E-state index is 2.29. The summed E-state index contributed by atoms with van der Waals surface area (Å²) in [6.07, 6.45) is 2.60. The van der Waals surface area contributed by atoms with Crippen LogP contribution in [0.4, 0.5) is 0 Å². The third-order valence-corrected chi connectivity index (χ3v) is 11.8. The van der Waals surface area contributed by atoms with E-state index in [1.807, 2.05) is 0 Å². The van der Waals surface area contributed by atoms with Gasteiger partial charge >= 0.3 is 0 Å². The van der Waals surface area contributed by atoms with Crippen LogP contribution < -0.4 is 0 Å². The van der Waals surface area contributed by atoms with Gasteiger partial charge in [-0.05, 0) is 12.8 Å². The SMILES string of the molecule is CCC1(SC2(CC)SS2)SS1.